The summed E-state index contributed by atoms with van der Waals surface area (Å²) in [5.74, 6) is 0.824. The zero-order valence-corrected chi connectivity index (χ0v) is 11.6. The monoisotopic (exact) mass is 279 g/mol. The van der Waals surface area contributed by atoms with E-state index in [4.69, 9.17) is 9.26 Å². The zero-order chi connectivity index (χ0) is 14.4. The fraction of sp³-hybridized carbons (Fsp3) is 0.429. The van der Waals surface area contributed by atoms with Gasteiger partial charge in [0.1, 0.15) is 0 Å². The van der Waals surface area contributed by atoms with Crippen LogP contribution in [0.15, 0.2) is 22.7 Å². The Morgan fingerprint density at radius 3 is 3.00 bits per heavy atom. The van der Waals surface area contributed by atoms with Gasteiger partial charge in [0.25, 0.3) is 5.89 Å². The van der Waals surface area contributed by atoms with Gasteiger partial charge in [-0.1, -0.05) is 24.2 Å². The third-order valence-electron chi connectivity index (χ3n) is 2.74. The first-order chi connectivity index (χ1) is 9.74. The van der Waals surface area contributed by atoms with Crippen LogP contribution in [0.2, 0.25) is 0 Å². The minimum absolute atomic E-state index is 0.0639. The maximum atomic E-state index is 13.8. The first-order valence-corrected chi connectivity index (χ1v) is 6.60. The van der Waals surface area contributed by atoms with Crippen molar-refractivity contribution in [3.05, 3.63) is 41.3 Å². The standard InChI is InChI=1S/C14H18FN3O2/c1-3-5-12-17-13(20-18-12)9-19-14-10(8-16-2)6-4-7-11(14)15/h4,6-7,16H,3,5,8-9H2,1-2H3. The first kappa shape index (κ1) is 14.5. The highest BCUT2D eigenvalue weighted by atomic mass is 19.1. The number of rotatable bonds is 7. The molecule has 0 spiro atoms. The van der Waals surface area contributed by atoms with Crippen molar-refractivity contribution in [1.29, 1.82) is 0 Å². The molecule has 5 nitrogen and oxygen atoms in total. The second-order valence-electron chi connectivity index (χ2n) is 4.40. The molecule has 6 heteroatoms. The quantitative estimate of drug-likeness (QED) is 0.843. The van der Waals surface area contributed by atoms with Gasteiger partial charge in [0.15, 0.2) is 24.0 Å². The maximum absolute atomic E-state index is 13.8. The second kappa shape index (κ2) is 7.00. The van der Waals surface area contributed by atoms with Crippen molar-refractivity contribution < 1.29 is 13.7 Å². The number of nitrogens with zero attached hydrogens (tertiary/aromatic N) is 2. The highest BCUT2D eigenvalue weighted by Crippen LogP contribution is 2.23. The van der Waals surface area contributed by atoms with Crippen LogP contribution in [0.3, 0.4) is 0 Å². The van der Waals surface area contributed by atoms with Crippen LogP contribution in [-0.2, 0) is 19.6 Å². The summed E-state index contributed by atoms with van der Waals surface area (Å²) >= 11 is 0. The summed E-state index contributed by atoms with van der Waals surface area (Å²) in [6.45, 7) is 2.63. The number of para-hydroxylation sites is 1. The molecule has 1 heterocycles. The van der Waals surface area contributed by atoms with Gasteiger partial charge in [0, 0.05) is 18.5 Å². The van der Waals surface area contributed by atoms with Crippen molar-refractivity contribution >= 4 is 0 Å². The predicted octanol–water partition coefficient (Wildman–Crippen LogP) is 2.46. The number of hydrogen-bond acceptors (Lipinski definition) is 5. The molecule has 0 fully saturated rings. The fourth-order valence-electron chi connectivity index (χ4n) is 1.85. The van der Waals surface area contributed by atoms with Crippen molar-refractivity contribution in [2.75, 3.05) is 7.05 Å². The van der Waals surface area contributed by atoms with Crippen molar-refractivity contribution in [2.45, 2.75) is 32.9 Å². The van der Waals surface area contributed by atoms with Crippen LogP contribution in [0.5, 0.6) is 5.75 Å². The summed E-state index contributed by atoms with van der Waals surface area (Å²) in [5, 5.41) is 6.80. The fourth-order valence-corrected chi connectivity index (χ4v) is 1.85. The molecule has 20 heavy (non-hydrogen) atoms. The summed E-state index contributed by atoms with van der Waals surface area (Å²) in [6, 6.07) is 4.83. The number of aromatic nitrogens is 2. The normalized spacial score (nSPS) is 10.8. The average Bonchev–Trinajstić information content (AvgIpc) is 2.87. The first-order valence-electron chi connectivity index (χ1n) is 6.60. The molecule has 0 saturated carbocycles. The number of nitrogens with one attached hydrogen (secondary N) is 1. The number of hydrogen-bond donors (Lipinski definition) is 1. The zero-order valence-electron chi connectivity index (χ0n) is 11.6. The predicted molar refractivity (Wildman–Crippen MR) is 71.8 cm³/mol. The molecule has 2 rings (SSSR count). The van der Waals surface area contributed by atoms with Crippen molar-refractivity contribution in [3.8, 4) is 5.75 Å². The molecule has 1 aromatic carbocycles. The minimum Gasteiger partial charge on any atom is -0.480 e. The lowest BCUT2D eigenvalue weighted by atomic mass is 10.2. The molecule has 0 radical (unpaired) electrons. The van der Waals surface area contributed by atoms with E-state index in [1.807, 2.05) is 13.0 Å². The number of benzene rings is 1. The Morgan fingerprint density at radius 2 is 2.25 bits per heavy atom. The van der Waals surface area contributed by atoms with Gasteiger partial charge >= 0.3 is 0 Å². The van der Waals surface area contributed by atoms with Crippen LogP contribution in [0, 0.1) is 5.82 Å². The summed E-state index contributed by atoms with van der Waals surface area (Å²) < 4.78 is 24.3. The van der Waals surface area contributed by atoms with E-state index >= 15 is 0 Å². The van der Waals surface area contributed by atoms with E-state index in [0.717, 1.165) is 18.4 Å². The van der Waals surface area contributed by atoms with Crippen LogP contribution >= 0.6 is 0 Å². The molecule has 0 saturated heterocycles. The Bertz CT molecular complexity index is 557. The summed E-state index contributed by atoms with van der Waals surface area (Å²) in [7, 11) is 1.80. The van der Waals surface area contributed by atoms with Gasteiger partial charge < -0.3 is 14.6 Å². The third-order valence-corrected chi connectivity index (χ3v) is 2.74. The number of aryl methyl sites for hydroxylation is 1. The minimum atomic E-state index is -0.397. The van der Waals surface area contributed by atoms with Gasteiger partial charge in [-0.3, -0.25) is 0 Å². The highest BCUT2D eigenvalue weighted by molar-refractivity contribution is 5.34. The molecule has 0 amide bonds. The molecular formula is C14H18FN3O2. The number of halogens is 1. The van der Waals surface area contributed by atoms with Crippen LogP contribution in [0.1, 0.15) is 30.6 Å². The van der Waals surface area contributed by atoms with E-state index in [1.165, 1.54) is 6.07 Å². The Balaban J connectivity index is 2.05. The summed E-state index contributed by atoms with van der Waals surface area (Å²) in [4.78, 5) is 4.18. The van der Waals surface area contributed by atoms with Crippen LogP contribution in [0.25, 0.3) is 0 Å². The SMILES string of the molecule is CCCc1noc(COc2c(F)cccc2CNC)n1. The average molecular weight is 279 g/mol. The lowest BCUT2D eigenvalue weighted by Gasteiger charge is -2.10. The molecule has 0 atom stereocenters. The highest BCUT2D eigenvalue weighted by Gasteiger charge is 2.12. The Labute approximate surface area is 117 Å². The largest absolute Gasteiger partial charge is 0.480 e. The third kappa shape index (κ3) is 3.54. The van der Waals surface area contributed by atoms with Crippen molar-refractivity contribution in [2.24, 2.45) is 0 Å². The summed E-state index contributed by atoms with van der Waals surface area (Å²) in [6.07, 6.45) is 1.70. The molecule has 0 aliphatic carbocycles. The molecule has 0 aliphatic heterocycles. The van der Waals surface area contributed by atoms with Gasteiger partial charge in [0.2, 0.25) is 0 Å². The van der Waals surface area contributed by atoms with Crippen molar-refractivity contribution in [1.82, 2.24) is 15.5 Å². The molecule has 1 N–H and O–H groups in total. The van der Waals surface area contributed by atoms with Gasteiger partial charge in [-0.2, -0.15) is 4.98 Å². The second-order valence-corrected chi connectivity index (χ2v) is 4.40. The molecule has 0 unspecified atom stereocenters. The van der Waals surface area contributed by atoms with Gasteiger partial charge in [0.05, 0.1) is 0 Å². The van der Waals surface area contributed by atoms with Gasteiger partial charge in [-0.25, -0.2) is 4.39 Å². The topological polar surface area (TPSA) is 60.2 Å². The van der Waals surface area contributed by atoms with E-state index < -0.39 is 5.82 Å². The molecule has 2 aromatic rings. The molecule has 1 aromatic heterocycles. The van der Waals surface area contributed by atoms with Gasteiger partial charge in [-0.15, -0.1) is 0 Å². The smallest absolute Gasteiger partial charge is 0.264 e. The molecule has 0 aliphatic rings. The van der Waals surface area contributed by atoms with Crippen LogP contribution < -0.4 is 10.1 Å². The Kier molecular flexibility index (Phi) is 5.06. The Morgan fingerprint density at radius 1 is 1.40 bits per heavy atom. The molecule has 108 valence electrons. The number of ether oxygens (including phenoxy) is 1. The molecular weight excluding hydrogens is 261 g/mol. The van der Waals surface area contributed by atoms with Gasteiger partial charge in [-0.05, 0) is 19.5 Å². The Hall–Kier alpha value is -1.95. The summed E-state index contributed by atoms with van der Waals surface area (Å²) in [5.41, 5.74) is 0.751. The lowest BCUT2D eigenvalue weighted by molar-refractivity contribution is 0.231. The van der Waals surface area contributed by atoms with E-state index in [9.17, 15) is 4.39 Å². The van der Waals surface area contributed by atoms with Crippen LogP contribution in [0.4, 0.5) is 4.39 Å². The van der Waals surface area contributed by atoms with Crippen molar-refractivity contribution in [3.63, 3.8) is 0 Å². The van der Waals surface area contributed by atoms with E-state index in [1.54, 1.807) is 13.1 Å². The maximum Gasteiger partial charge on any atom is 0.264 e. The lowest BCUT2D eigenvalue weighted by Crippen LogP contribution is -2.08. The molecule has 0 bridgehead atoms. The van der Waals surface area contributed by atoms with Crippen LogP contribution in [-0.4, -0.2) is 17.2 Å². The van der Waals surface area contributed by atoms with E-state index in [2.05, 4.69) is 15.5 Å². The van der Waals surface area contributed by atoms with E-state index in [0.29, 0.717) is 18.3 Å². The van der Waals surface area contributed by atoms with E-state index in [-0.39, 0.29) is 12.4 Å².